The Morgan fingerprint density at radius 1 is 1.50 bits per heavy atom. The van der Waals surface area contributed by atoms with E-state index in [9.17, 15) is 14.3 Å². The molecule has 0 saturated heterocycles. The van der Waals surface area contributed by atoms with Gasteiger partial charge in [0.25, 0.3) is 0 Å². The fourth-order valence-electron chi connectivity index (χ4n) is 1.97. The number of aliphatic hydroxyl groups is 1. The summed E-state index contributed by atoms with van der Waals surface area (Å²) in [6.45, 7) is 6.04. The number of rotatable bonds is 6. The van der Waals surface area contributed by atoms with Crippen LogP contribution in [0.2, 0.25) is 0 Å². The van der Waals surface area contributed by atoms with Crippen molar-refractivity contribution in [1.29, 1.82) is 0 Å². The molecule has 0 heterocycles. The maximum absolute atomic E-state index is 13.6. The van der Waals surface area contributed by atoms with Crippen LogP contribution in [0, 0.1) is 12.7 Å². The van der Waals surface area contributed by atoms with Crippen molar-refractivity contribution in [3.63, 3.8) is 0 Å². The van der Waals surface area contributed by atoms with Crippen LogP contribution in [0.3, 0.4) is 0 Å². The second kappa shape index (κ2) is 7.24. The number of aliphatic hydroxyl groups excluding tert-OH is 1. The first-order valence-corrected chi connectivity index (χ1v) is 6.82. The van der Waals surface area contributed by atoms with E-state index in [4.69, 9.17) is 0 Å². The number of nitrogens with one attached hydrogen (secondary N) is 1. The molecular formula is C15H23FN2O2. The van der Waals surface area contributed by atoms with Crippen LogP contribution in [0.15, 0.2) is 12.1 Å². The molecule has 1 atom stereocenters. The number of benzene rings is 1. The number of halogens is 1. The first-order chi connectivity index (χ1) is 9.36. The molecule has 1 rings (SSSR count). The van der Waals surface area contributed by atoms with E-state index in [-0.39, 0.29) is 18.3 Å². The lowest BCUT2D eigenvalue weighted by Crippen LogP contribution is -2.36. The predicted octanol–water partition coefficient (Wildman–Crippen LogP) is 2.15. The third-order valence-electron chi connectivity index (χ3n) is 3.12. The van der Waals surface area contributed by atoms with Crippen LogP contribution in [-0.4, -0.2) is 31.2 Å². The highest BCUT2D eigenvalue weighted by molar-refractivity contribution is 5.81. The van der Waals surface area contributed by atoms with Crippen molar-refractivity contribution in [2.75, 3.05) is 25.0 Å². The predicted molar refractivity (Wildman–Crippen MR) is 78.3 cm³/mol. The molecule has 1 unspecified atom stereocenters. The fourth-order valence-corrected chi connectivity index (χ4v) is 1.97. The highest BCUT2D eigenvalue weighted by Gasteiger charge is 2.16. The summed E-state index contributed by atoms with van der Waals surface area (Å²) in [6.07, 6.45) is 0.0885. The lowest BCUT2D eigenvalue weighted by Gasteiger charge is -2.24. The summed E-state index contributed by atoms with van der Waals surface area (Å²) in [5.74, 6) is -0.443. The quantitative estimate of drug-likeness (QED) is 0.840. The van der Waals surface area contributed by atoms with Gasteiger partial charge in [-0.3, -0.25) is 4.79 Å². The van der Waals surface area contributed by atoms with Crippen LogP contribution in [0.5, 0.6) is 0 Å². The molecule has 0 aliphatic carbocycles. The summed E-state index contributed by atoms with van der Waals surface area (Å²) >= 11 is 0. The Labute approximate surface area is 119 Å². The van der Waals surface area contributed by atoms with Crippen LogP contribution >= 0.6 is 0 Å². The van der Waals surface area contributed by atoms with Gasteiger partial charge in [0.05, 0.1) is 12.6 Å². The van der Waals surface area contributed by atoms with Crippen molar-refractivity contribution in [2.24, 2.45) is 0 Å². The van der Waals surface area contributed by atoms with E-state index in [1.807, 2.05) is 6.92 Å². The Morgan fingerprint density at radius 3 is 2.70 bits per heavy atom. The first kappa shape index (κ1) is 16.4. The van der Waals surface area contributed by atoms with Gasteiger partial charge in [0.15, 0.2) is 0 Å². The van der Waals surface area contributed by atoms with Gasteiger partial charge in [0, 0.05) is 24.8 Å². The Morgan fingerprint density at radius 2 is 2.15 bits per heavy atom. The number of likely N-dealkylation sites (N-methyl/N-ethyl adjacent to an activating group) is 1. The molecule has 0 aromatic heterocycles. The molecule has 5 heteroatoms. The van der Waals surface area contributed by atoms with Gasteiger partial charge in [-0.25, -0.2) is 4.39 Å². The average molecular weight is 282 g/mol. The maximum Gasteiger partial charge on any atom is 0.239 e. The van der Waals surface area contributed by atoms with Crippen molar-refractivity contribution in [1.82, 2.24) is 5.32 Å². The number of aryl methyl sites for hydroxylation is 1. The summed E-state index contributed by atoms with van der Waals surface area (Å²) in [5.41, 5.74) is 1.65. The number of carbonyl (C=O) groups excluding carboxylic acids is 1. The van der Waals surface area contributed by atoms with E-state index in [1.54, 1.807) is 31.9 Å². The van der Waals surface area contributed by atoms with Gasteiger partial charge in [0.2, 0.25) is 5.91 Å². The summed E-state index contributed by atoms with van der Waals surface area (Å²) < 4.78 is 13.6. The zero-order chi connectivity index (χ0) is 15.3. The fraction of sp³-hybridized carbons (Fsp3) is 0.533. The summed E-state index contributed by atoms with van der Waals surface area (Å²) in [5, 5.41) is 12.5. The molecule has 1 aromatic rings. The van der Waals surface area contributed by atoms with Gasteiger partial charge < -0.3 is 15.3 Å². The zero-order valence-corrected chi connectivity index (χ0v) is 12.5. The monoisotopic (exact) mass is 282 g/mol. The van der Waals surface area contributed by atoms with Gasteiger partial charge >= 0.3 is 0 Å². The highest BCUT2D eigenvalue weighted by atomic mass is 19.1. The molecule has 0 aliphatic rings. The molecule has 0 radical (unpaired) electrons. The lowest BCUT2D eigenvalue weighted by molar-refractivity contribution is -0.119. The van der Waals surface area contributed by atoms with Crippen molar-refractivity contribution in [3.8, 4) is 0 Å². The molecule has 1 aromatic carbocycles. The second-order valence-corrected chi connectivity index (χ2v) is 5.04. The molecule has 0 spiro atoms. The van der Waals surface area contributed by atoms with Crippen LogP contribution in [-0.2, 0) is 4.79 Å². The van der Waals surface area contributed by atoms with Crippen LogP contribution in [0.25, 0.3) is 0 Å². The second-order valence-electron chi connectivity index (χ2n) is 5.04. The molecule has 0 bridgehead atoms. The van der Waals surface area contributed by atoms with E-state index in [0.29, 0.717) is 23.4 Å². The highest BCUT2D eigenvalue weighted by Crippen LogP contribution is 2.28. The molecule has 1 amide bonds. The third kappa shape index (κ3) is 4.20. The molecule has 0 aliphatic heterocycles. The number of hydrogen-bond acceptors (Lipinski definition) is 3. The molecule has 0 fully saturated rings. The summed E-state index contributed by atoms with van der Waals surface area (Å²) in [4.78, 5) is 13.5. The van der Waals surface area contributed by atoms with Crippen LogP contribution in [0.1, 0.15) is 37.5 Å². The standard InChI is InChI=1S/C15H23FN2O2/c1-5-6-17-15(20)9-18(4)14-7-10(2)13(16)8-12(14)11(3)19/h7-8,11,19H,5-6,9H2,1-4H3,(H,17,20). The minimum Gasteiger partial charge on any atom is -0.389 e. The smallest absolute Gasteiger partial charge is 0.239 e. The average Bonchev–Trinajstić information content (AvgIpc) is 2.38. The molecule has 2 N–H and O–H groups in total. The SMILES string of the molecule is CCCNC(=O)CN(C)c1cc(C)c(F)cc1C(C)O. The van der Waals surface area contributed by atoms with E-state index >= 15 is 0 Å². The van der Waals surface area contributed by atoms with Crippen molar-refractivity contribution in [2.45, 2.75) is 33.3 Å². The molecular weight excluding hydrogens is 259 g/mol. The van der Waals surface area contributed by atoms with Gasteiger partial charge in [-0.15, -0.1) is 0 Å². The number of amides is 1. The van der Waals surface area contributed by atoms with E-state index in [1.165, 1.54) is 6.07 Å². The maximum atomic E-state index is 13.6. The van der Waals surface area contributed by atoms with Crippen molar-refractivity contribution in [3.05, 3.63) is 29.1 Å². The van der Waals surface area contributed by atoms with Gasteiger partial charge in [-0.05, 0) is 38.0 Å². The topological polar surface area (TPSA) is 52.6 Å². The van der Waals surface area contributed by atoms with Crippen LogP contribution < -0.4 is 10.2 Å². The van der Waals surface area contributed by atoms with E-state index in [2.05, 4.69) is 5.32 Å². The Kier molecular flexibility index (Phi) is 5.95. The van der Waals surface area contributed by atoms with E-state index < -0.39 is 6.10 Å². The van der Waals surface area contributed by atoms with Gasteiger partial charge in [-0.2, -0.15) is 0 Å². The molecule has 0 saturated carbocycles. The molecule has 4 nitrogen and oxygen atoms in total. The van der Waals surface area contributed by atoms with Gasteiger partial charge in [-0.1, -0.05) is 6.92 Å². The summed E-state index contributed by atoms with van der Waals surface area (Å²) in [6, 6.07) is 2.99. The Hall–Kier alpha value is -1.62. The van der Waals surface area contributed by atoms with Crippen molar-refractivity contribution < 1.29 is 14.3 Å². The molecule has 20 heavy (non-hydrogen) atoms. The van der Waals surface area contributed by atoms with Crippen molar-refractivity contribution >= 4 is 11.6 Å². The summed E-state index contributed by atoms with van der Waals surface area (Å²) in [7, 11) is 1.75. The largest absolute Gasteiger partial charge is 0.389 e. The zero-order valence-electron chi connectivity index (χ0n) is 12.5. The van der Waals surface area contributed by atoms with Crippen LogP contribution in [0.4, 0.5) is 10.1 Å². The Bertz CT molecular complexity index is 475. The minimum absolute atomic E-state index is 0.0899. The number of carbonyl (C=O) groups is 1. The van der Waals surface area contributed by atoms with Gasteiger partial charge in [0.1, 0.15) is 5.82 Å². The Balaban J connectivity index is 2.94. The number of anilines is 1. The third-order valence-corrected chi connectivity index (χ3v) is 3.12. The number of nitrogens with zero attached hydrogens (tertiary/aromatic N) is 1. The minimum atomic E-state index is -0.791. The van der Waals surface area contributed by atoms with E-state index in [0.717, 1.165) is 6.42 Å². The normalized spacial score (nSPS) is 12.1. The molecule has 112 valence electrons. The lowest BCUT2D eigenvalue weighted by atomic mass is 10.0. The number of hydrogen-bond donors (Lipinski definition) is 2. The first-order valence-electron chi connectivity index (χ1n) is 6.82.